The lowest BCUT2D eigenvalue weighted by Gasteiger charge is -2.40. The molecule has 364 valence electrons. The first-order valence-corrected chi connectivity index (χ1v) is 26.3. The van der Waals surface area contributed by atoms with Gasteiger partial charge in [0, 0.05) is 22.7 Å². The molecule has 0 heterocycles. The van der Waals surface area contributed by atoms with Crippen LogP contribution < -0.4 is 9.80 Å². The normalized spacial score (nSPS) is 14.8. The van der Waals surface area contributed by atoms with Gasteiger partial charge in [0.15, 0.2) is 0 Å². The number of hydrogen-bond acceptors (Lipinski definition) is 2. The number of hydrogen-bond donors (Lipinski definition) is 0. The van der Waals surface area contributed by atoms with E-state index in [2.05, 4.69) is 283 Å². The summed E-state index contributed by atoms with van der Waals surface area (Å²) in [5, 5.41) is 2.63. The van der Waals surface area contributed by atoms with Crippen LogP contribution in [0.5, 0.6) is 0 Å². The first-order chi connectivity index (χ1) is 34.0. The van der Waals surface area contributed by atoms with Crippen molar-refractivity contribution in [2.75, 3.05) is 9.80 Å². The molecule has 2 heteroatoms. The number of rotatable bonds is 8. The highest BCUT2D eigenvalue weighted by Crippen LogP contribution is 2.55. The van der Waals surface area contributed by atoms with Crippen LogP contribution in [0.2, 0.25) is 0 Å². The summed E-state index contributed by atoms with van der Waals surface area (Å²) in [6, 6.07) is 63.1. The van der Waals surface area contributed by atoms with Crippen LogP contribution in [0.1, 0.15) is 145 Å². The fourth-order valence-corrected chi connectivity index (χ4v) is 11.0. The van der Waals surface area contributed by atoms with E-state index in [4.69, 9.17) is 0 Å². The second kappa shape index (κ2) is 18.0. The maximum Gasteiger partial charge on any atom is 0.0791 e. The summed E-state index contributed by atoms with van der Waals surface area (Å²) in [7, 11) is 0. The Bertz CT molecular complexity index is 3350. The minimum Gasteiger partial charge on any atom is -0.330 e. The standard InChI is InChI=1S/C70H74N2/c1-45-15-31-53(32-16-45)71(55-35-27-51(28-36-55)69(9,10)11)63-43-61(47-19-23-49(24-20-47)67(3,4)5)57-40-42-60-64(72(54-33-17-46(2)18-34-54)56-37-29-52(30-38-56)70(12,13)14)44-62(58-39-41-59(63)65(57)66(58)60)48-21-25-50(26-22-48)68(6,7)8/h15-41,43-44,63H,42H2,1-14H3. The van der Waals surface area contributed by atoms with Crippen LogP contribution >= 0.6 is 0 Å². The molecule has 0 N–H and O–H groups in total. The van der Waals surface area contributed by atoms with Gasteiger partial charge < -0.3 is 9.80 Å². The second-order valence-electron chi connectivity index (χ2n) is 24.8. The van der Waals surface area contributed by atoms with Gasteiger partial charge in [-0.15, -0.1) is 0 Å². The van der Waals surface area contributed by atoms with Crippen LogP contribution in [0.4, 0.5) is 28.4 Å². The van der Waals surface area contributed by atoms with Crippen LogP contribution in [0.15, 0.2) is 176 Å². The maximum atomic E-state index is 2.59. The Labute approximate surface area is 431 Å². The van der Waals surface area contributed by atoms with Crippen molar-refractivity contribution < 1.29 is 0 Å². The van der Waals surface area contributed by atoms with Gasteiger partial charge in [0.2, 0.25) is 0 Å². The summed E-state index contributed by atoms with van der Waals surface area (Å²) in [4.78, 5) is 5.12. The summed E-state index contributed by atoms with van der Waals surface area (Å²) in [6.07, 6.45) is 5.91. The Balaban J connectivity index is 1.30. The summed E-state index contributed by atoms with van der Waals surface area (Å²) < 4.78 is 0. The predicted molar refractivity (Wildman–Crippen MR) is 312 cm³/mol. The van der Waals surface area contributed by atoms with Gasteiger partial charge in [-0.05, 0) is 180 Å². The zero-order chi connectivity index (χ0) is 51.1. The molecule has 0 bridgehead atoms. The molecular formula is C70H74N2. The van der Waals surface area contributed by atoms with Crippen molar-refractivity contribution in [1.29, 1.82) is 0 Å². The van der Waals surface area contributed by atoms with Gasteiger partial charge in [0.05, 0.1) is 11.7 Å². The predicted octanol–water partition coefficient (Wildman–Crippen LogP) is 19.7. The molecule has 0 saturated carbocycles. The SMILES string of the molecule is Cc1ccc(N(c2ccc(C(C)(C)C)cc2)c2cc(-c3ccc(C(C)(C)C)cc3)c3ccc4c5c3c2CC=C5C(c2ccc(C(C)(C)C)cc2)=CC4N(c2ccc(C)cc2)c2ccc(C(C)(C)C)cc2)cc1. The van der Waals surface area contributed by atoms with Gasteiger partial charge in [-0.2, -0.15) is 0 Å². The van der Waals surface area contributed by atoms with Crippen molar-refractivity contribution >= 4 is 50.4 Å². The largest absolute Gasteiger partial charge is 0.330 e. The van der Waals surface area contributed by atoms with Crippen LogP contribution in [0, 0.1) is 13.8 Å². The van der Waals surface area contributed by atoms with E-state index < -0.39 is 0 Å². The number of anilines is 5. The Kier molecular flexibility index (Phi) is 12.2. The Morgan fingerprint density at radius 1 is 0.417 bits per heavy atom. The first kappa shape index (κ1) is 48.7. The van der Waals surface area contributed by atoms with E-state index in [-0.39, 0.29) is 27.7 Å². The molecule has 2 aliphatic carbocycles. The quantitative estimate of drug-likeness (QED) is 0.150. The average Bonchev–Trinajstić information content (AvgIpc) is 3.34. The molecule has 0 saturated heterocycles. The van der Waals surface area contributed by atoms with Crippen LogP contribution in [-0.4, -0.2) is 0 Å². The van der Waals surface area contributed by atoms with Crippen LogP contribution in [0.3, 0.4) is 0 Å². The maximum absolute atomic E-state index is 2.59. The van der Waals surface area contributed by atoms with E-state index >= 15 is 0 Å². The molecule has 1 unspecified atom stereocenters. The average molecular weight is 943 g/mol. The summed E-state index contributed by atoms with van der Waals surface area (Å²) in [5.74, 6) is 0. The Hall–Kier alpha value is -6.90. The smallest absolute Gasteiger partial charge is 0.0791 e. The van der Waals surface area contributed by atoms with Gasteiger partial charge in [-0.3, -0.25) is 0 Å². The molecule has 1 atom stereocenters. The van der Waals surface area contributed by atoms with Crippen molar-refractivity contribution in [2.45, 2.75) is 131 Å². The van der Waals surface area contributed by atoms with Crippen molar-refractivity contribution in [3.05, 3.63) is 232 Å². The monoisotopic (exact) mass is 943 g/mol. The molecule has 0 spiro atoms. The summed E-state index contributed by atoms with van der Waals surface area (Å²) >= 11 is 0. The summed E-state index contributed by atoms with van der Waals surface area (Å²) in [5.41, 5.74) is 24.1. The van der Waals surface area contributed by atoms with E-state index in [1.165, 1.54) is 106 Å². The molecule has 0 aliphatic heterocycles. The highest BCUT2D eigenvalue weighted by atomic mass is 15.2. The third kappa shape index (κ3) is 9.15. The minimum absolute atomic E-state index is 0.0325. The van der Waals surface area contributed by atoms with E-state index in [0.717, 1.165) is 17.8 Å². The molecule has 8 aromatic carbocycles. The van der Waals surface area contributed by atoms with Gasteiger partial charge in [-0.1, -0.05) is 209 Å². The van der Waals surface area contributed by atoms with Gasteiger partial charge >= 0.3 is 0 Å². The molecule has 2 nitrogen and oxygen atoms in total. The molecule has 8 aromatic rings. The molecule has 2 aliphatic rings. The Morgan fingerprint density at radius 3 is 1.28 bits per heavy atom. The zero-order valence-electron chi connectivity index (χ0n) is 45.4. The fourth-order valence-electron chi connectivity index (χ4n) is 11.0. The van der Waals surface area contributed by atoms with Crippen LogP contribution in [-0.2, 0) is 28.1 Å². The Morgan fingerprint density at radius 2 is 0.819 bits per heavy atom. The van der Waals surface area contributed by atoms with Gasteiger partial charge in [0.1, 0.15) is 0 Å². The van der Waals surface area contributed by atoms with Gasteiger partial charge in [-0.25, -0.2) is 0 Å². The molecule has 72 heavy (non-hydrogen) atoms. The highest BCUT2D eigenvalue weighted by molar-refractivity contribution is 6.19. The van der Waals surface area contributed by atoms with Gasteiger partial charge in [0.25, 0.3) is 0 Å². The van der Waals surface area contributed by atoms with Crippen molar-refractivity contribution in [3.8, 4) is 11.1 Å². The number of allylic oxidation sites excluding steroid dienone is 3. The van der Waals surface area contributed by atoms with E-state index in [1.54, 1.807) is 0 Å². The number of benzene rings is 8. The van der Waals surface area contributed by atoms with Crippen molar-refractivity contribution in [2.24, 2.45) is 0 Å². The lowest BCUT2D eigenvalue weighted by molar-refractivity contribution is 0.590. The van der Waals surface area contributed by atoms with Crippen molar-refractivity contribution in [3.63, 3.8) is 0 Å². The molecule has 0 amide bonds. The number of nitrogens with zero attached hydrogens (tertiary/aromatic N) is 2. The zero-order valence-corrected chi connectivity index (χ0v) is 45.4. The highest BCUT2D eigenvalue weighted by Gasteiger charge is 2.36. The van der Waals surface area contributed by atoms with E-state index in [9.17, 15) is 0 Å². The van der Waals surface area contributed by atoms with Crippen molar-refractivity contribution in [1.82, 2.24) is 0 Å². The fraction of sp³-hybridized carbons (Fsp3) is 0.286. The molecule has 0 aromatic heterocycles. The second-order valence-corrected chi connectivity index (χ2v) is 24.8. The lowest BCUT2D eigenvalue weighted by Crippen LogP contribution is -2.27. The number of aryl methyl sites for hydroxylation is 2. The minimum atomic E-state index is -0.121. The third-order valence-corrected chi connectivity index (χ3v) is 15.4. The molecule has 0 fully saturated rings. The third-order valence-electron chi connectivity index (χ3n) is 15.4. The summed E-state index contributed by atoms with van der Waals surface area (Å²) in [6.45, 7) is 32.0. The van der Waals surface area contributed by atoms with Crippen LogP contribution in [0.25, 0.3) is 33.0 Å². The molecule has 10 rings (SSSR count). The van der Waals surface area contributed by atoms with E-state index in [0.29, 0.717) is 0 Å². The molecule has 0 radical (unpaired) electrons. The molecular weight excluding hydrogens is 869 g/mol. The van der Waals surface area contributed by atoms with E-state index in [1.807, 2.05) is 0 Å². The first-order valence-electron chi connectivity index (χ1n) is 26.3. The topological polar surface area (TPSA) is 6.48 Å². The lowest BCUT2D eigenvalue weighted by atomic mass is 9.73.